The molecule has 2 rings (SSSR count). The zero-order valence-electron chi connectivity index (χ0n) is 12.7. The molecule has 0 saturated carbocycles. The summed E-state index contributed by atoms with van der Waals surface area (Å²) in [6, 6.07) is 8.60. The summed E-state index contributed by atoms with van der Waals surface area (Å²) in [5, 5.41) is 3.56. The lowest BCUT2D eigenvalue weighted by molar-refractivity contribution is 0.880. The molecular formula is C16H20N2S3. The van der Waals surface area contributed by atoms with Crippen LogP contribution in [-0.2, 0) is 0 Å². The van der Waals surface area contributed by atoms with E-state index >= 15 is 0 Å². The summed E-state index contributed by atoms with van der Waals surface area (Å²) in [5.74, 6) is 0. The number of nitrogens with one attached hydrogen (secondary N) is 1. The van der Waals surface area contributed by atoms with Crippen LogP contribution in [0.3, 0.4) is 0 Å². The quantitative estimate of drug-likeness (QED) is 0.602. The van der Waals surface area contributed by atoms with Gasteiger partial charge in [-0.1, -0.05) is 18.3 Å². The minimum atomic E-state index is 0.222. The van der Waals surface area contributed by atoms with Gasteiger partial charge in [0.25, 0.3) is 0 Å². The summed E-state index contributed by atoms with van der Waals surface area (Å²) >= 11 is 8.72. The zero-order chi connectivity index (χ0) is 15.6. The monoisotopic (exact) mass is 336 g/mol. The fourth-order valence-corrected chi connectivity index (χ4v) is 4.41. The molecule has 3 N–H and O–H groups in total. The molecule has 1 aromatic heterocycles. The highest BCUT2D eigenvalue weighted by molar-refractivity contribution is 7.98. The largest absolute Gasteiger partial charge is 0.389 e. The van der Waals surface area contributed by atoms with Crippen LogP contribution < -0.4 is 11.1 Å². The van der Waals surface area contributed by atoms with E-state index in [1.54, 1.807) is 11.8 Å². The highest BCUT2D eigenvalue weighted by Crippen LogP contribution is 2.32. The third-order valence-corrected chi connectivity index (χ3v) is 5.38. The predicted octanol–water partition coefficient (Wildman–Crippen LogP) is 4.89. The van der Waals surface area contributed by atoms with Crippen LogP contribution in [0.5, 0.6) is 0 Å². The van der Waals surface area contributed by atoms with Gasteiger partial charge in [0.05, 0.1) is 0 Å². The predicted molar refractivity (Wildman–Crippen MR) is 99.9 cm³/mol. The lowest BCUT2D eigenvalue weighted by Crippen LogP contribution is -2.16. The molecule has 0 radical (unpaired) electrons. The SMILES string of the molecule is CSc1cccc(NC(C)c2cc(C)sc2C)c1C(N)=S. The molecular weight excluding hydrogens is 316 g/mol. The summed E-state index contributed by atoms with van der Waals surface area (Å²) < 4.78 is 0. The normalized spacial score (nSPS) is 12.2. The number of anilines is 1. The number of thiophene rings is 1. The standard InChI is InChI=1S/C16H20N2S3/c1-9-8-12(11(3)21-9)10(2)18-13-6-5-7-14(20-4)15(13)16(17)19/h5-8,10,18H,1-4H3,(H2,17,19). The third kappa shape index (κ3) is 3.59. The number of hydrogen-bond acceptors (Lipinski definition) is 4. The first kappa shape index (κ1) is 16.3. The molecule has 0 aliphatic carbocycles. The first-order valence-electron chi connectivity index (χ1n) is 6.74. The van der Waals surface area contributed by atoms with Crippen molar-refractivity contribution in [2.75, 3.05) is 11.6 Å². The van der Waals surface area contributed by atoms with E-state index in [4.69, 9.17) is 18.0 Å². The molecule has 0 fully saturated rings. The van der Waals surface area contributed by atoms with Crippen molar-refractivity contribution in [3.63, 3.8) is 0 Å². The van der Waals surface area contributed by atoms with Gasteiger partial charge in [-0.05, 0) is 50.8 Å². The van der Waals surface area contributed by atoms with Crippen LogP contribution in [-0.4, -0.2) is 11.2 Å². The Hall–Kier alpha value is -1.04. The molecule has 0 amide bonds. The Morgan fingerprint density at radius 1 is 1.38 bits per heavy atom. The third-order valence-electron chi connectivity index (χ3n) is 3.41. The smallest absolute Gasteiger partial charge is 0.107 e. The highest BCUT2D eigenvalue weighted by Gasteiger charge is 2.15. The summed E-state index contributed by atoms with van der Waals surface area (Å²) in [6.07, 6.45) is 2.04. The molecule has 21 heavy (non-hydrogen) atoms. The Labute approximate surface area is 140 Å². The maximum atomic E-state index is 5.92. The average molecular weight is 337 g/mol. The topological polar surface area (TPSA) is 38.0 Å². The lowest BCUT2D eigenvalue weighted by Gasteiger charge is -2.19. The van der Waals surface area contributed by atoms with E-state index in [1.807, 2.05) is 29.7 Å². The van der Waals surface area contributed by atoms with Crippen LogP contribution >= 0.6 is 35.3 Å². The van der Waals surface area contributed by atoms with Gasteiger partial charge in [0, 0.05) is 31.9 Å². The summed E-state index contributed by atoms with van der Waals surface area (Å²) in [4.78, 5) is 4.24. The first-order valence-corrected chi connectivity index (χ1v) is 9.19. The number of thioether (sulfide) groups is 1. The first-order chi connectivity index (χ1) is 9.93. The van der Waals surface area contributed by atoms with Crippen molar-refractivity contribution in [2.24, 2.45) is 5.73 Å². The van der Waals surface area contributed by atoms with Gasteiger partial charge in [0.1, 0.15) is 4.99 Å². The molecule has 1 atom stereocenters. The van der Waals surface area contributed by atoms with Gasteiger partial charge in [-0.3, -0.25) is 0 Å². The second-order valence-electron chi connectivity index (χ2n) is 4.98. The fraction of sp³-hybridized carbons (Fsp3) is 0.312. The van der Waals surface area contributed by atoms with E-state index in [-0.39, 0.29) is 6.04 Å². The van der Waals surface area contributed by atoms with Crippen molar-refractivity contribution in [1.29, 1.82) is 0 Å². The Kier molecular flexibility index (Phi) is 5.30. The van der Waals surface area contributed by atoms with Gasteiger partial charge >= 0.3 is 0 Å². The van der Waals surface area contributed by atoms with E-state index in [1.165, 1.54) is 15.3 Å². The molecule has 1 heterocycles. The molecule has 0 bridgehead atoms. The van der Waals surface area contributed by atoms with Crippen LogP contribution in [0.15, 0.2) is 29.2 Å². The van der Waals surface area contributed by atoms with Gasteiger partial charge in [-0.15, -0.1) is 23.1 Å². The molecule has 1 unspecified atom stereocenters. The minimum absolute atomic E-state index is 0.222. The van der Waals surface area contributed by atoms with Crippen molar-refractivity contribution in [2.45, 2.75) is 31.7 Å². The summed E-state index contributed by atoms with van der Waals surface area (Å²) in [6.45, 7) is 6.48. The number of rotatable bonds is 5. The molecule has 0 spiro atoms. The van der Waals surface area contributed by atoms with E-state index in [9.17, 15) is 0 Å². The second kappa shape index (κ2) is 6.81. The van der Waals surface area contributed by atoms with Gasteiger partial charge in [0.15, 0.2) is 0 Å². The Morgan fingerprint density at radius 3 is 2.62 bits per heavy atom. The minimum Gasteiger partial charge on any atom is -0.389 e. The Balaban J connectivity index is 2.35. The summed E-state index contributed by atoms with van der Waals surface area (Å²) in [7, 11) is 0. The van der Waals surface area contributed by atoms with Crippen molar-refractivity contribution in [3.8, 4) is 0 Å². The maximum absolute atomic E-state index is 5.92. The Bertz CT molecular complexity index is 662. The summed E-state index contributed by atoms with van der Waals surface area (Å²) in [5.41, 5.74) is 9.20. The van der Waals surface area contributed by atoms with E-state index < -0.39 is 0 Å². The maximum Gasteiger partial charge on any atom is 0.107 e. The molecule has 0 saturated heterocycles. The number of aryl methyl sites for hydroxylation is 2. The Morgan fingerprint density at radius 2 is 2.10 bits per heavy atom. The van der Waals surface area contributed by atoms with Crippen LogP contribution in [0.25, 0.3) is 0 Å². The van der Waals surface area contributed by atoms with Gasteiger partial charge in [0.2, 0.25) is 0 Å². The van der Waals surface area contributed by atoms with Crippen LogP contribution in [0.2, 0.25) is 0 Å². The molecule has 2 aromatic rings. The van der Waals surface area contributed by atoms with E-state index in [0.29, 0.717) is 4.99 Å². The van der Waals surface area contributed by atoms with Gasteiger partial charge in [-0.2, -0.15) is 0 Å². The van der Waals surface area contributed by atoms with Crippen molar-refractivity contribution < 1.29 is 0 Å². The van der Waals surface area contributed by atoms with E-state index in [0.717, 1.165) is 16.1 Å². The number of nitrogens with two attached hydrogens (primary N) is 1. The second-order valence-corrected chi connectivity index (χ2v) is 7.73. The number of thiocarbonyl (C=S) groups is 1. The van der Waals surface area contributed by atoms with Gasteiger partial charge < -0.3 is 11.1 Å². The highest BCUT2D eigenvalue weighted by atomic mass is 32.2. The molecule has 112 valence electrons. The van der Waals surface area contributed by atoms with Crippen molar-refractivity contribution in [1.82, 2.24) is 0 Å². The van der Waals surface area contributed by atoms with Crippen LogP contribution in [0.4, 0.5) is 5.69 Å². The van der Waals surface area contributed by atoms with Crippen molar-refractivity contribution in [3.05, 3.63) is 45.1 Å². The molecule has 0 aliphatic rings. The molecule has 5 heteroatoms. The van der Waals surface area contributed by atoms with Crippen LogP contribution in [0.1, 0.15) is 33.8 Å². The fourth-order valence-electron chi connectivity index (χ4n) is 2.47. The molecule has 0 aliphatic heterocycles. The lowest BCUT2D eigenvalue weighted by atomic mass is 10.1. The number of benzene rings is 1. The van der Waals surface area contributed by atoms with Gasteiger partial charge in [-0.25, -0.2) is 0 Å². The van der Waals surface area contributed by atoms with Crippen molar-refractivity contribution >= 4 is 46.0 Å². The molecule has 2 nitrogen and oxygen atoms in total. The van der Waals surface area contributed by atoms with E-state index in [2.05, 4.69) is 38.2 Å². The zero-order valence-corrected chi connectivity index (χ0v) is 15.1. The number of hydrogen-bond donors (Lipinski definition) is 2. The average Bonchev–Trinajstić information content (AvgIpc) is 2.77. The molecule has 1 aromatic carbocycles. The van der Waals surface area contributed by atoms with Crippen LogP contribution in [0, 0.1) is 13.8 Å².